The number of aryl methyl sites for hydroxylation is 2. The van der Waals surface area contributed by atoms with Crippen LogP contribution in [0.5, 0.6) is 0 Å². The van der Waals surface area contributed by atoms with E-state index in [9.17, 15) is 10.2 Å². The zero-order chi connectivity index (χ0) is 47.1. The van der Waals surface area contributed by atoms with Crippen molar-refractivity contribution in [3.8, 4) is 44.5 Å². The SMILES string of the molecule is CC(C)(C)c1ccc(-c2c3nc(c(-c4ccc(C(C)(C)C)cc4)c4ccc([nH]4)c(-c4ccc(C(C)(C)C)cc4)c4nc(c(-c5ccc(C(C)(C)C)cc5)c5ccc2[nH]5)[C@@H](O)[C@H]4O)CC3)cc1. The molecule has 338 valence electrons. The largest absolute Gasteiger partial charge is 0.384 e. The Bertz CT molecular complexity index is 2900. The van der Waals surface area contributed by atoms with Crippen LogP contribution < -0.4 is 0 Å². The van der Waals surface area contributed by atoms with Crippen LogP contribution >= 0.6 is 0 Å². The van der Waals surface area contributed by atoms with Crippen LogP contribution in [0, 0.1) is 0 Å². The van der Waals surface area contributed by atoms with Gasteiger partial charge in [0.15, 0.2) is 0 Å². The summed E-state index contributed by atoms with van der Waals surface area (Å²) < 4.78 is 0. The van der Waals surface area contributed by atoms with Gasteiger partial charge in [-0.2, -0.15) is 0 Å². The van der Waals surface area contributed by atoms with E-state index in [1.54, 1.807) is 0 Å². The monoisotopic (exact) mass is 875 g/mol. The van der Waals surface area contributed by atoms with Crippen molar-refractivity contribution >= 4 is 22.1 Å². The summed E-state index contributed by atoms with van der Waals surface area (Å²) in [6, 6.07) is 43.4. The minimum Gasteiger partial charge on any atom is -0.384 e. The van der Waals surface area contributed by atoms with Gasteiger partial charge in [0, 0.05) is 44.3 Å². The van der Waals surface area contributed by atoms with Gasteiger partial charge in [0.1, 0.15) is 12.2 Å². The highest BCUT2D eigenvalue weighted by molar-refractivity contribution is 5.92. The van der Waals surface area contributed by atoms with Crippen LogP contribution in [0.25, 0.3) is 66.6 Å². The van der Waals surface area contributed by atoms with Gasteiger partial charge >= 0.3 is 0 Å². The van der Waals surface area contributed by atoms with E-state index in [0.717, 1.165) is 90.8 Å². The number of hydrogen-bond donors (Lipinski definition) is 4. The van der Waals surface area contributed by atoms with Crippen LogP contribution in [-0.4, -0.2) is 30.1 Å². The Kier molecular flexibility index (Phi) is 11.2. The fourth-order valence-electron chi connectivity index (χ4n) is 9.60. The number of aliphatic hydroxyl groups excluding tert-OH is 2. The molecular formula is C60H66N4O2. The number of nitrogens with one attached hydrogen (secondary N) is 2. The third-order valence-corrected chi connectivity index (χ3v) is 13.7. The van der Waals surface area contributed by atoms with Crippen molar-refractivity contribution in [2.75, 3.05) is 0 Å². The molecule has 0 amide bonds. The maximum atomic E-state index is 12.4. The molecule has 2 aliphatic heterocycles. The van der Waals surface area contributed by atoms with Gasteiger partial charge < -0.3 is 20.2 Å². The Hall–Kier alpha value is -6.08. The molecule has 5 heterocycles. The number of H-pyrrole nitrogens is 2. The fourth-order valence-corrected chi connectivity index (χ4v) is 9.60. The van der Waals surface area contributed by atoms with E-state index in [2.05, 4.69) is 214 Å². The Labute approximate surface area is 391 Å². The van der Waals surface area contributed by atoms with Crippen molar-refractivity contribution in [1.82, 2.24) is 19.9 Å². The molecule has 3 aromatic heterocycles. The third-order valence-electron chi connectivity index (χ3n) is 13.7. The van der Waals surface area contributed by atoms with Crippen molar-refractivity contribution in [2.24, 2.45) is 0 Å². The van der Waals surface area contributed by atoms with Crippen molar-refractivity contribution < 1.29 is 10.2 Å². The summed E-state index contributed by atoms with van der Waals surface area (Å²) in [5, 5.41) is 24.7. The van der Waals surface area contributed by atoms with E-state index in [4.69, 9.17) is 9.97 Å². The Morgan fingerprint density at radius 1 is 0.348 bits per heavy atom. The second-order valence-electron chi connectivity index (χ2n) is 22.7. The van der Waals surface area contributed by atoms with E-state index in [1.165, 1.54) is 22.3 Å². The number of hydrogen-bond acceptors (Lipinski definition) is 4. The number of aromatic amines is 2. The van der Waals surface area contributed by atoms with Gasteiger partial charge in [-0.25, -0.2) is 0 Å². The van der Waals surface area contributed by atoms with Gasteiger partial charge in [0.25, 0.3) is 0 Å². The highest BCUT2D eigenvalue weighted by Crippen LogP contribution is 2.45. The van der Waals surface area contributed by atoms with E-state index in [0.29, 0.717) is 11.4 Å². The molecule has 0 saturated carbocycles. The van der Waals surface area contributed by atoms with Crippen LogP contribution in [0.15, 0.2) is 121 Å². The average Bonchev–Trinajstić information content (AvgIpc) is 4.09. The summed E-state index contributed by atoms with van der Waals surface area (Å²) in [6.45, 7) is 26.7. The lowest BCUT2D eigenvalue weighted by Crippen LogP contribution is -2.10. The molecule has 66 heavy (non-hydrogen) atoms. The zero-order valence-electron chi connectivity index (χ0n) is 40.9. The smallest absolute Gasteiger partial charge is 0.128 e. The molecule has 6 nitrogen and oxygen atoms in total. The lowest BCUT2D eigenvalue weighted by molar-refractivity contribution is 0.0260. The van der Waals surface area contributed by atoms with Crippen molar-refractivity contribution in [3.63, 3.8) is 0 Å². The van der Waals surface area contributed by atoms with Gasteiger partial charge in [-0.3, -0.25) is 9.97 Å². The van der Waals surface area contributed by atoms with Gasteiger partial charge in [0.05, 0.1) is 22.8 Å². The van der Waals surface area contributed by atoms with E-state index < -0.39 is 12.2 Å². The predicted octanol–water partition coefficient (Wildman–Crippen LogP) is 14.7. The number of rotatable bonds is 4. The number of aliphatic hydroxyl groups is 2. The minimum absolute atomic E-state index is 0.000749. The second-order valence-corrected chi connectivity index (χ2v) is 22.7. The zero-order valence-corrected chi connectivity index (χ0v) is 40.9. The molecule has 9 rings (SSSR count). The normalized spacial score (nSPS) is 15.9. The van der Waals surface area contributed by atoms with Gasteiger partial charge in [-0.1, -0.05) is 180 Å². The Morgan fingerprint density at radius 2 is 0.591 bits per heavy atom. The van der Waals surface area contributed by atoms with Crippen molar-refractivity contribution in [1.29, 1.82) is 0 Å². The maximum Gasteiger partial charge on any atom is 0.128 e. The Balaban J connectivity index is 1.44. The number of aromatic nitrogens is 4. The summed E-state index contributed by atoms with van der Waals surface area (Å²) in [5.41, 5.74) is 18.6. The topological polar surface area (TPSA) is 97.8 Å². The summed E-state index contributed by atoms with van der Waals surface area (Å²) in [7, 11) is 0. The van der Waals surface area contributed by atoms with Crippen molar-refractivity contribution in [2.45, 2.75) is 130 Å². The lowest BCUT2D eigenvalue weighted by atomic mass is 9.86. The maximum absolute atomic E-state index is 12.4. The van der Waals surface area contributed by atoms with Crippen LogP contribution in [-0.2, 0) is 34.5 Å². The molecule has 0 spiro atoms. The molecule has 0 radical (unpaired) electrons. The van der Waals surface area contributed by atoms with E-state index in [1.807, 2.05) is 0 Å². The van der Waals surface area contributed by atoms with Crippen LogP contribution in [0.1, 0.15) is 140 Å². The van der Waals surface area contributed by atoms with Crippen LogP contribution in [0.4, 0.5) is 0 Å². The number of benzene rings is 4. The van der Waals surface area contributed by atoms with Gasteiger partial charge in [-0.05, 0) is 103 Å². The summed E-state index contributed by atoms with van der Waals surface area (Å²) in [4.78, 5) is 18.7. The molecule has 0 fully saturated rings. The molecule has 0 saturated heterocycles. The van der Waals surface area contributed by atoms with Gasteiger partial charge in [-0.15, -0.1) is 0 Å². The molecule has 4 aromatic carbocycles. The minimum atomic E-state index is -1.30. The van der Waals surface area contributed by atoms with Crippen molar-refractivity contribution in [3.05, 3.63) is 166 Å². The molecule has 6 heteroatoms. The quantitative estimate of drug-likeness (QED) is 0.142. The standard InChI is InChI=1S/C60H66N4O2/c1-57(2,3)39-21-13-35(14-22-39)49-43-29-30-44(61-43)50(36-15-23-40(24-16-36)58(4,5)6)46-32-34-48(63-46)52(38-19-27-42(28-20-38)60(10,11)12)54-56(66)55(65)53(64-54)51(47-33-31-45(49)62-47)37-17-25-41(26-18-37)59(7,8)9/h13-28,31-34,55-56,62-63,65-66H,29-30H2,1-12H3/t55-,56+. The molecular weight excluding hydrogens is 809 g/mol. The molecule has 8 bridgehead atoms. The summed E-state index contributed by atoms with van der Waals surface area (Å²) in [5.74, 6) is 0. The first kappa shape index (κ1) is 45.1. The predicted molar refractivity (Wildman–Crippen MR) is 275 cm³/mol. The molecule has 0 aliphatic carbocycles. The number of fused-ring (bicyclic) bond motifs is 8. The van der Waals surface area contributed by atoms with E-state index in [-0.39, 0.29) is 21.7 Å². The number of nitrogens with zero attached hydrogens (tertiary/aromatic N) is 2. The summed E-state index contributed by atoms with van der Waals surface area (Å²) in [6.07, 6.45) is -1.08. The lowest BCUT2D eigenvalue weighted by Gasteiger charge is -2.20. The Morgan fingerprint density at radius 3 is 0.848 bits per heavy atom. The molecule has 7 aromatic rings. The highest BCUT2D eigenvalue weighted by Gasteiger charge is 2.35. The first-order chi connectivity index (χ1) is 31.1. The van der Waals surface area contributed by atoms with E-state index >= 15 is 0 Å². The third kappa shape index (κ3) is 8.46. The first-order valence-corrected chi connectivity index (χ1v) is 23.6. The molecule has 4 N–H and O–H groups in total. The molecule has 2 aliphatic rings. The summed E-state index contributed by atoms with van der Waals surface area (Å²) >= 11 is 0. The second kappa shape index (κ2) is 16.4. The molecule has 0 unspecified atom stereocenters. The molecule has 2 atom stereocenters. The average molecular weight is 875 g/mol. The van der Waals surface area contributed by atoms with Crippen LogP contribution in [0.3, 0.4) is 0 Å². The highest BCUT2D eigenvalue weighted by atomic mass is 16.3. The van der Waals surface area contributed by atoms with Crippen LogP contribution in [0.2, 0.25) is 0 Å². The first-order valence-electron chi connectivity index (χ1n) is 23.6. The van der Waals surface area contributed by atoms with Gasteiger partial charge in [0.2, 0.25) is 0 Å². The fraction of sp³-hybridized carbons (Fsp3) is 0.333.